The molecule has 0 aliphatic carbocycles. The van der Waals surface area contributed by atoms with Gasteiger partial charge in [0.15, 0.2) is 11.5 Å². The van der Waals surface area contributed by atoms with Gasteiger partial charge >= 0.3 is 0 Å². The number of anilines is 1. The molecule has 0 saturated carbocycles. The van der Waals surface area contributed by atoms with E-state index < -0.39 is 15.9 Å². The number of sulfonamides is 1. The van der Waals surface area contributed by atoms with Gasteiger partial charge in [0.25, 0.3) is 5.91 Å². The van der Waals surface area contributed by atoms with Crippen molar-refractivity contribution in [3.63, 3.8) is 0 Å². The molecule has 3 aromatic rings. The molecule has 0 aromatic heterocycles. The molecule has 11 heteroatoms. The summed E-state index contributed by atoms with van der Waals surface area (Å²) in [5, 5.41) is 4.57. The molecule has 1 N–H and O–H groups in total. The van der Waals surface area contributed by atoms with Gasteiger partial charge in [0.05, 0.1) is 36.3 Å². The molecule has 37 heavy (non-hydrogen) atoms. The second-order valence-electron chi connectivity index (χ2n) is 7.78. The summed E-state index contributed by atoms with van der Waals surface area (Å²) in [6.07, 6.45) is 4.22. The maximum Gasteiger partial charge on any atom is 0.271 e. The van der Waals surface area contributed by atoms with Gasteiger partial charge in [-0.3, -0.25) is 9.10 Å². The largest absolute Gasteiger partial charge is 0.493 e. The lowest BCUT2D eigenvalue weighted by Crippen LogP contribution is -2.29. The first kappa shape index (κ1) is 28.2. The molecule has 0 unspecified atom stereocenters. The first-order chi connectivity index (χ1) is 17.6. The van der Waals surface area contributed by atoms with Crippen LogP contribution in [0.1, 0.15) is 21.5 Å². The summed E-state index contributed by atoms with van der Waals surface area (Å²) in [6.45, 7) is 4.08. The zero-order chi connectivity index (χ0) is 27.0. The number of hydrogen-bond acceptors (Lipinski definition) is 6. The van der Waals surface area contributed by atoms with E-state index in [2.05, 4.69) is 33.0 Å². The number of benzene rings is 3. The van der Waals surface area contributed by atoms with Crippen LogP contribution in [0.4, 0.5) is 5.69 Å². The molecule has 0 bridgehead atoms. The number of rotatable bonds is 11. The van der Waals surface area contributed by atoms with E-state index in [9.17, 15) is 13.2 Å². The van der Waals surface area contributed by atoms with E-state index in [0.717, 1.165) is 11.8 Å². The molecule has 1 amide bonds. The van der Waals surface area contributed by atoms with Crippen LogP contribution < -0.4 is 19.2 Å². The van der Waals surface area contributed by atoms with Gasteiger partial charge in [-0.1, -0.05) is 36.4 Å². The molecule has 3 aromatic carbocycles. The summed E-state index contributed by atoms with van der Waals surface area (Å²) in [4.78, 5) is 12.6. The smallest absolute Gasteiger partial charge is 0.271 e. The minimum Gasteiger partial charge on any atom is -0.493 e. The minimum atomic E-state index is -3.57. The maximum atomic E-state index is 12.6. The molecule has 0 atom stereocenters. The van der Waals surface area contributed by atoms with Crippen molar-refractivity contribution in [3.05, 3.63) is 99.5 Å². The summed E-state index contributed by atoms with van der Waals surface area (Å²) in [5.41, 5.74) is 4.64. The highest BCUT2D eigenvalue weighted by atomic mass is 79.9. The van der Waals surface area contributed by atoms with Crippen molar-refractivity contribution in [2.24, 2.45) is 5.10 Å². The molecule has 0 fully saturated rings. The fraction of sp³-hybridized carbons (Fsp3) is 0.154. The van der Waals surface area contributed by atoms with Crippen molar-refractivity contribution in [1.82, 2.24) is 5.43 Å². The van der Waals surface area contributed by atoms with Crippen molar-refractivity contribution < 1.29 is 22.7 Å². The molecule has 0 spiro atoms. The highest BCUT2D eigenvalue weighted by molar-refractivity contribution is 9.10. The van der Waals surface area contributed by atoms with Gasteiger partial charge < -0.3 is 9.47 Å². The van der Waals surface area contributed by atoms with E-state index in [0.29, 0.717) is 44.4 Å². The highest BCUT2D eigenvalue weighted by Crippen LogP contribution is 2.36. The van der Waals surface area contributed by atoms with Gasteiger partial charge in [0.1, 0.15) is 6.61 Å². The molecule has 194 valence electrons. The van der Waals surface area contributed by atoms with Gasteiger partial charge in [-0.05, 0) is 75.6 Å². The van der Waals surface area contributed by atoms with Crippen LogP contribution in [-0.2, 0) is 16.6 Å². The molecule has 0 aliphatic rings. The van der Waals surface area contributed by atoms with Crippen LogP contribution in [-0.4, -0.2) is 40.5 Å². The number of halogens is 2. The van der Waals surface area contributed by atoms with Crippen LogP contribution in [0.2, 0.25) is 5.02 Å². The van der Waals surface area contributed by atoms with Crippen LogP contribution in [0.3, 0.4) is 0 Å². The number of hydrazone groups is 1. The predicted molar refractivity (Wildman–Crippen MR) is 150 cm³/mol. The number of carbonyl (C=O) groups is 1. The lowest BCUT2D eigenvalue weighted by molar-refractivity contribution is 0.0955. The predicted octanol–water partition coefficient (Wildman–Crippen LogP) is 5.41. The highest BCUT2D eigenvalue weighted by Gasteiger charge is 2.18. The van der Waals surface area contributed by atoms with Crippen LogP contribution in [0.15, 0.2) is 82.9 Å². The van der Waals surface area contributed by atoms with Gasteiger partial charge in [0.2, 0.25) is 10.0 Å². The fourth-order valence-electron chi connectivity index (χ4n) is 3.26. The zero-order valence-electron chi connectivity index (χ0n) is 20.1. The van der Waals surface area contributed by atoms with Crippen molar-refractivity contribution in [3.8, 4) is 11.5 Å². The Bertz CT molecular complexity index is 1390. The Kier molecular flexibility index (Phi) is 9.73. The Morgan fingerprint density at radius 2 is 1.84 bits per heavy atom. The topological polar surface area (TPSA) is 97.3 Å². The molecular weight excluding hydrogens is 582 g/mol. The Balaban J connectivity index is 1.70. The molecule has 0 heterocycles. The third-order valence-electron chi connectivity index (χ3n) is 5.03. The van der Waals surface area contributed by atoms with E-state index in [1.54, 1.807) is 54.6 Å². The maximum absolute atomic E-state index is 12.6. The van der Waals surface area contributed by atoms with Crippen molar-refractivity contribution in [1.29, 1.82) is 0 Å². The van der Waals surface area contributed by atoms with E-state index in [1.807, 2.05) is 0 Å². The van der Waals surface area contributed by atoms with Gasteiger partial charge in [-0.15, -0.1) is 0 Å². The van der Waals surface area contributed by atoms with Crippen molar-refractivity contribution in [2.45, 2.75) is 6.54 Å². The number of nitrogens with zero attached hydrogens (tertiary/aromatic N) is 2. The molecule has 0 saturated heterocycles. The zero-order valence-corrected chi connectivity index (χ0v) is 23.3. The van der Waals surface area contributed by atoms with Gasteiger partial charge in [0, 0.05) is 10.6 Å². The Morgan fingerprint density at radius 3 is 2.43 bits per heavy atom. The molecule has 8 nitrogen and oxygen atoms in total. The lowest BCUT2D eigenvalue weighted by Gasteiger charge is -2.22. The minimum absolute atomic E-state index is 0.127. The fourth-order valence-corrected chi connectivity index (χ4v) is 4.85. The lowest BCUT2D eigenvalue weighted by atomic mass is 10.2. The molecule has 0 radical (unpaired) electrons. The number of methoxy groups -OCH3 is 1. The summed E-state index contributed by atoms with van der Waals surface area (Å²) < 4.78 is 37.7. The van der Waals surface area contributed by atoms with E-state index >= 15 is 0 Å². The number of hydrogen-bond donors (Lipinski definition) is 1. The third kappa shape index (κ3) is 7.82. The van der Waals surface area contributed by atoms with Crippen LogP contribution in [0.25, 0.3) is 0 Å². The number of amides is 1. The van der Waals surface area contributed by atoms with Crippen molar-refractivity contribution in [2.75, 3.05) is 24.3 Å². The summed E-state index contributed by atoms with van der Waals surface area (Å²) in [6, 6.07) is 16.6. The van der Waals surface area contributed by atoms with Crippen LogP contribution >= 0.6 is 27.5 Å². The summed E-state index contributed by atoms with van der Waals surface area (Å²) in [7, 11) is -2.05. The second kappa shape index (κ2) is 12.8. The van der Waals surface area contributed by atoms with Gasteiger partial charge in [-0.25, -0.2) is 13.8 Å². The normalized spacial score (nSPS) is 11.2. The number of ether oxygens (including phenoxy) is 2. The second-order valence-corrected chi connectivity index (χ2v) is 11.0. The molecule has 0 aliphatic heterocycles. The number of carbonyl (C=O) groups excluding carboxylic acids is 1. The first-order valence-electron chi connectivity index (χ1n) is 10.9. The number of nitrogens with one attached hydrogen (secondary N) is 1. The average Bonchev–Trinajstić information content (AvgIpc) is 2.86. The van der Waals surface area contributed by atoms with Gasteiger partial charge in [-0.2, -0.15) is 5.10 Å². The molecule has 3 rings (SSSR count). The standard InChI is InChI=1S/C26H25BrClN3O5S/c1-4-13-36-25-23(27)14-19(15-24(25)35-2)16-29-30-26(32)20-7-11-22(12-8-20)31(37(3,33)34)17-18-5-9-21(28)10-6-18/h4-12,14-16H,1,13,17H2,2-3H3,(H,30,32)/b29-16+. The SMILES string of the molecule is C=CCOc1c(Br)cc(/C=N/NC(=O)c2ccc(N(Cc3ccc(Cl)cc3)S(C)(=O)=O)cc2)cc1OC. The summed E-state index contributed by atoms with van der Waals surface area (Å²) >= 11 is 9.36. The summed E-state index contributed by atoms with van der Waals surface area (Å²) in [5.74, 6) is 0.569. The van der Waals surface area contributed by atoms with E-state index in [-0.39, 0.29) is 6.54 Å². The average molecular weight is 607 g/mol. The first-order valence-corrected chi connectivity index (χ1v) is 13.9. The van der Waals surface area contributed by atoms with E-state index in [4.69, 9.17) is 21.1 Å². The Labute approximate surface area is 229 Å². The van der Waals surface area contributed by atoms with Crippen molar-refractivity contribution >= 4 is 55.4 Å². The third-order valence-corrected chi connectivity index (χ3v) is 7.02. The quantitative estimate of drug-likeness (QED) is 0.179. The van der Waals surface area contributed by atoms with E-state index in [1.165, 1.54) is 29.8 Å². The Hall–Kier alpha value is -3.34. The van der Waals surface area contributed by atoms with Crippen LogP contribution in [0, 0.1) is 0 Å². The molecular formula is C26H25BrClN3O5S. The monoisotopic (exact) mass is 605 g/mol. The Morgan fingerprint density at radius 1 is 1.16 bits per heavy atom. The van der Waals surface area contributed by atoms with Crippen LogP contribution in [0.5, 0.6) is 11.5 Å².